The van der Waals surface area contributed by atoms with Gasteiger partial charge in [-0.2, -0.15) is 0 Å². The van der Waals surface area contributed by atoms with Crippen LogP contribution in [0.1, 0.15) is 0 Å². The first kappa shape index (κ1) is 10.2. The molecule has 0 fully saturated rings. The van der Waals surface area contributed by atoms with E-state index in [-0.39, 0.29) is 0 Å². The van der Waals surface area contributed by atoms with Crippen molar-refractivity contribution in [1.29, 1.82) is 0 Å². The number of nitrogens with zero attached hydrogens (tertiary/aromatic N) is 1. The largest absolute Gasteiger partial charge is 0.466 e. The van der Waals surface area contributed by atoms with Gasteiger partial charge in [0.2, 0.25) is 0 Å². The molecule has 2 nitrogen and oxygen atoms in total. The molecule has 0 aliphatic rings. The molecule has 0 unspecified atom stereocenters. The van der Waals surface area contributed by atoms with Gasteiger partial charge in [0.05, 0.1) is 12.0 Å². The van der Waals surface area contributed by atoms with Crippen molar-refractivity contribution in [2.75, 3.05) is 0 Å². The monoisotopic (exact) mass is 161 g/mol. The van der Waals surface area contributed by atoms with Crippen LogP contribution in [0, 0.1) is 0 Å². The van der Waals surface area contributed by atoms with Crippen molar-refractivity contribution in [2.24, 2.45) is 4.99 Å². The van der Waals surface area contributed by atoms with Gasteiger partial charge in [0.1, 0.15) is 5.76 Å². The highest BCUT2D eigenvalue weighted by molar-refractivity contribution is 5.49. The van der Waals surface area contributed by atoms with Crippen LogP contribution < -0.4 is 0 Å². The van der Waals surface area contributed by atoms with Gasteiger partial charge in [-0.05, 0) is 24.6 Å². The van der Waals surface area contributed by atoms with E-state index in [0.717, 1.165) is 0 Å². The molecule has 0 radical (unpaired) electrons. The van der Waals surface area contributed by atoms with Crippen LogP contribution in [0.2, 0.25) is 0 Å². The average Bonchev–Trinajstić information content (AvgIpc) is 2.02. The third-order valence-electron chi connectivity index (χ3n) is 0.919. The van der Waals surface area contributed by atoms with Gasteiger partial charge in [-0.15, -0.1) is 0 Å². The summed E-state index contributed by atoms with van der Waals surface area (Å²) in [6.45, 7) is 13.9. The van der Waals surface area contributed by atoms with E-state index in [0.29, 0.717) is 11.5 Å². The van der Waals surface area contributed by atoms with Crippen molar-refractivity contribution in [1.82, 2.24) is 0 Å². The van der Waals surface area contributed by atoms with Crippen molar-refractivity contribution < 1.29 is 4.74 Å². The lowest BCUT2D eigenvalue weighted by Crippen LogP contribution is -1.76. The molecule has 0 N–H and O–H groups in total. The quantitative estimate of drug-likeness (QED) is 0.345. The summed E-state index contributed by atoms with van der Waals surface area (Å²) < 4.78 is 4.83. The molecule has 0 aromatic rings. The Balaban J connectivity index is 4.05. The van der Waals surface area contributed by atoms with Gasteiger partial charge in [0, 0.05) is 0 Å². The van der Waals surface area contributed by atoms with Crippen LogP contribution >= 0.6 is 0 Å². The molecule has 12 heavy (non-hydrogen) atoms. The third kappa shape index (κ3) is 5.03. The normalized spacial score (nSPS) is 8.67. The van der Waals surface area contributed by atoms with Crippen molar-refractivity contribution in [3.05, 3.63) is 56.2 Å². The summed E-state index contributed by atoms with van der Waals surface area (Å²) in [7, 11) is 0. The van der Waals surface area contributed by atoms with Gasteiger partial charge in [-0.1, -0.05) is 19.7 Å². The molecule has 2 heteroatoms. The molecule has 0 aromatic carbocycles. The fraction of sp³-hybridized carbons (Fsp3) is 0. The van der Waals surface area contributed by atoms with Gasteiger partial charge >= 0.3 is 0 Å². The van der Waals surface area contributed by atoms with E-state index in [1.54, 1.807) is 12.2 Å². The molecular formula is C10H11NO. The Morgan fingerprint density at radius 2 is 2.00 bits per heavy atom. The zero-order valence-corrected chi connectivity index (χ0v) is 6.92. The first-order valence-corrected chi connectivity index (χ1v) is 3.27. The summed E-state index contributed by atoms with van der Waals surface area (Å²) in [4.78, 5) is 3.69. The van der Waals surface area contributed by atoms with Crippen LogP contribution in [-0.4, -0.2) is 5.87 Å². The summed E-state index contributed by atoms with van der Waals surface area (Å²) >= 11 is 0. The second-order valence-corrected chi connectivity index (χ2v) is 1.85. The van der Waals surface area contributed by atoms with Crippen molar-refractivity contribution in [2.45, 2.75) is 0 Å². The van der Waals surface area contributed by atoms with Gasteiger partial charge in [0.15, 0.2) is 0 Å². The van der Waals surface area contributed by atoms with Crippen LogP contribution in [0.4, 0.5) is 0 Å². The molecule has 0 amide bonds. The number of hydrogen-bond donors (Lipinski definition) is 0. The summed E-state index contributed by atoms with van der Waals surface area (Å²) in [5, 5.41) is 0. The third-order valence-corrected chi connectivity index (χ3v) is 0.919. The first-order valence-electron chi connectivity index (χ1n) is 3.27. The highest BCUT2D eigenvalue weighted by atomic mass is 16.5. The van der Waals surface area contributed by atoms with E-state index in [1.807, 2.05) is 0 Å². The molecule has 0 saturated carbocycles. The van der Waals surface area contributed by atoms with Crippen LogP contribution in [0.25, 0.3) is 0 Å². The summed E-state index contributed by atoms with van der Waals surface area (Å²) in [5.74, 6) is 2.83. The highest BCUT2D eigenvalue weighted by Crippen LogP contribution is 2.00. The number of aliphatic imine (C=N–C) groups is 1. The molecule has 0 atom stereocenters. The minimum Gasteiger partial charge on any atom is -0.466 e. The van der Waals surface area contributed by atoms with Gasteiger partial charge in [-0.3, -0.25) is 0 Å². The molecular weight excluding hydrogens is 150 g/mol. The molecule has 0 spiro atoms. The maximum Gasteiger partial charge on any atom is 0.119 e. The smallest absolute Gasteiger partial charge is 0.119 e. The Hall–Kier alpha value is -1.79. The van der Waals surface area contributed by atoms with E-state index in [9.17, 15) is 0 Å². The lowest BCUT2D eigenvalue weighted by Gasteiger charge is -1.95. The number of allylic oxidation sites excluding steroid dienone is 2. The lowest BCUT2D eigenvalue weighted by molar-refractivity contribution is 0.372. The Morgan fingerprint density at radius 3 is 2.50 bits per heavy atom. The Morgan fingerprint density at radius 1 is 1.33 bits per heavy atom. The second-order valence-electron chi connectivity index (χ2n) is 1.85. The van der Waals surface area contributed by atoms with E-state index >= 15 is 0 Å². The Bertz CT molecular complexity index is 268. The number of rotatable bonds is 5. The maximum atomic E-state index is 4.83. The summed E-state index contributed by atoms with van der Waals surface area (Å²) in [6, 6.07) is 0. The Kier molecular flexibility index (Phi) is 5.07. The topological polar surface area (TPSA) is 21.6 Å². The van der Waals surface area contributed by atoms with Crippen molar-refractivity contribution >= 4 is 5.87 Å². The zero-order valence-electron chi connectivity index (χ0n) is 6.92. The standard InChI is InChI=1S/C10H11NO/c1-5-11-9(3)7-8-10(4)12-6-2/h6-8H,1-4H2. The van der Waals surface area contributed by atoms with Crippen molar-refractivity contribution in [3.63, 3.8) is 0 Å². The van der Waals surface area contributed by atoms with Crippen LogP contribution in [0.3, 0.4) is 0 Å². The lowest BCUT2D eigenvalue weighted by atomic mass is 10.4. The fourth-order valence-corrected chi connectivity index (χ4v) is 0.474. The van der Waals surface area contributed by atoms with E-state index in [1.165, 1.54) is 6.26 Å². The molecule has 0 aromatic heterocycles. The summed E-state index contributed by atoms with van der Waals surface area (Å²) in [6.07, 6.45) is 4.57. The predicted molar refractivity (Wildman–Crippen MR) is 51.8 cm³/mol. The van der Waals surface area contributed by atoms with Crippen LogP contribution in [0.15, 0.2) is 61.2 Å². The highest BCUT2D eigenvalue weighted by Gasteiger charge is 1.84. The minimum absolute atomic E-state index is 0.477. The fourth-order valence-electron chi connectivity index (χ4n) is 0.474. The van der Waals surface area contributed by atoms with E-state index in [4.69, 9.17) is 4.74 Å². The molecule has 0 aliphatic carbocycles. The second kappa shape index (κ2) is 5.96. The number of hydrogen-bond acceptors (Lipinski definition) is 2. The van der Waals surface area contributed by atoms with Crippen LogP contribution in [0.5, 0.6) is 0 Å². The van der Waals surface area contributed by atoms with Crippen LogP contribution in [-0.2, 0) is 4.74 Å². The van der Waals surface area contributed by atoms with Gasteiger partial charge in [0.25, 0.3) is 0 Å². The van der Waals surface area contributed by atoms with Gasteiger partial charge in [-0.25, -0.2) is 4.99 Å². The SMILES string of the molecule is C=C=NC(=C)C=CC(=C)OC=C. The average molecular weight is 161 g/mol. The summed E-state index contributed by atoms with van der Waals surface area (Å²) in [5.41, 5.74) is 0.541. The molecule has 0 saturated heterocycles. The maximum absolute atomic E-state index is 4.83. The van der Waals surface area contributed by atoms with E-state index < -0.39 is 0 Å². The number of ether oxygens (including phenoxy) is 1. The minimum atomic E-state index is 0.477. The van der Waals surface area contributed by atoms with E-state index in [2.05, 4.69) is 37.2 Å². The molecule has 0 rings (SSSR count). The van der Waals surface area contributed by atoms with Crippen molar-refractivity contribution in [3.8, 4) is 0 Å². The first-order chi connectivity index (χ1) is 5.70. The Labute approximate surface area is 72.6 Å². The molecule has 62 valence electrons. The van der Waals surface area contributed by atoms with Gasteiger partial charge < -0.3 is 4.74 Å². The molecule has 0 bridgehead atoms. The molecule has 0 aliphatic heterocycles. The molecule has 0 heterocycles. The zero-order chi connectivity index (χ0) is 9.40. The predicted octanol–water partition coefficient (Wildman–Crippen LogP) is 2.59.